The van der Waals surface area contributed by atoms with E-state index in [1.54, 1.807) is 6.08 Å². The quantitative estimate of drug-likeness (QED) is 0.280. The minimum Gasteiger partial charge on any atom is -0.504 e. The second-order valence-corrected chi connectivity index (χ2v) is 6.67. The number of aromatic hydroxyl groups is 4. The number of rotatable bonds is 5. The number of phenolic OH excluding ortho intramolecular Hbond substituents is 4. The molecule has 0 aliphatic heterocycles. The minimum absolute atomic E-state index is 0.0446. The molecule has 0 aromatic heterocycles. The van der Waals surface area contributed by atoms with E-state index in [4.69, 9.17) is 11.6 Å². The summed E-state index contributed by atoms with van der Waals surface area (Å²) in [7, 11) is 0. The van der Waals surface area contributed by atoms with Crippen molar-refractivity contribution in [1.82, 2.24) is 0 Å². The van der Waals surface area contributed by atoms with Crippen molar-refractivity contribution < 1.29 is 20.4 Å². The lowest BCUT2D eigenvalue weighted by Crippen LogP contribution is -1.91. The number of halogens is 1. The molecule has 0 saturated carbocycles. The van der Waals surface area contributed by atoms with Crippen LogP contribution in [0.1, 0.15) is 22.3 Å². The maximum absolute atomic E-state index is 9.88. The largest absolute Gasteiger partial charge is 0.504 e. The number of hydrogen-bond acceptors (Lipinski definition) is 4. The van der Waals surface area contributed by atoms with Crippen molar-refractivity contribution >= 4 is 23.8 Å². The molecule has 5 heteroatoms. The summed E-state index contributed by atoms with van der Waals surface area (Å²) < 4.78 is 0. The normalized spacial score (nSPS) is 11.1. The lowest BCUT2D eigenvalue weighted by molar-refractivity contribution is 0.371. The zero-order chi connectivity index (χ0) is 19.4. The number of aryl methyl sites for hydroxylation is 2. The van der Waals surface area contributed by atoms with E-state index in [9.17, 15) is 20.4 Å². The van der Waals surface area contributed by atoms with Gasteiger partial charge in [0.25, 0.3) is 0 Å². The Morgan fingerprint density at radius 2 is 1.30 bits per heavy atom. The first-order chi connectivity index (χ1) is 12.9. The van der Waals surface area contributed by atoms with Crippen molar-refractivity contribution in [2.24, 2.45) is 0 Å². The van der Waals surface area contributed by atoms with Gasteiger partial charge in [-0.2, -0.15) is 0 Å². The molecule has 3 aromatic rings. The first-order valence-electron chi connectivity index (χ1n) is 8.42. The Balaban J connectivity index is 1.77. The lowest BCUT2D eigenvalue weighted by Gasteiger charge is -2.07. The molecule has 0 heterocycles. The van der Waals surface area contributed by atoms with E-state index in [2.05, 4.69) is 0 Å². The molecule has 0 unspecified atom stereocenters. The van der Waals surface area contributed by atoms with E-state index >= 15 is 0 Å². The first kappa shape index (κ1) is 18.7. The Morgan fingerprint density at radius 3 is 1.93 bits per heavy atom. The second-order valence-electron chi connectivity index (χ2n) is 6.23. The highest BCUT2D eigenvalue weighted by molar-refractivity contribution is 6.30. The zero-order valence-corrected chi connectivity index (χ0v) is 15.2. The van der Waals surface area contributed by atoms with Crippen molar-refractivity contribution in [1.29, 1.82) is 0 Å². The first-order valence-corrected chi connectivity index (χ1v) is 8.80. The predicted octanol–water partition coefficient (Wildman–Crippen LogP) is 5.12. The molecule has 4 N–H and O–H groups in total. The summed E-state index contributed by atoms with van der Waals surface area (Å²) in [6.45, 7) is 0. The van der Waals surface area contributed by atoms with Gasteiger partial charge in [-0.3, -0.25) is 0 Å². The van der Waals surface area contributed by atoms with Crippen molar-refractivity contribution in [3.05, 3.63) is 81.9 Å². The molecule has 3 rings (SSSR count). The van der Waals surface area contributed by atoms with Crippen LogP contribution >= 0.6 is 11.6 Å². The molecule has 3 aromatic carbocycles. The highest BCUT2D eigenvalue weighted by atomic mass is 35.5. The molecule has 0 radical (unpaired) electrons. The van der Waals surface area contributed by atoms with Gasteiger partial charge in [0.2, 0.25) is 0 Å². The van der Waals surface area contributed by atoms with Crippen molar-refractivity contribution in [2.45, 2.75) is 12.8 Å². The summed E-state index contributed by atoms with van der Waals surface area (Å²) in [5, 5.41) is 39.7. The van der Waals surface area contributed by atoms with Gasteiger partial charge in [-0.15, -0.1) is 0 Å². The van der Waals surface area contributed by atoms with E-state index in [1.807, 2.05) is 48.5 Å². The van der Waals surface area contributed by atoms with Crippen LogP contribution in [0.25, 0.3) is 12.2 Å². The third kappa shape index (κ3) is 4.54. The van der Waals surface area contributed by atoms with E-state index in [0.29, 0.717) is 0 Å². The lowest BCUT2D eigenvalue weighted by atomic mass is 10.0. The van der Waals surface area contributed by atoms with Crippen molar-refractivity contribution in [3.63, 3.8) is 0 Å². The molecule has 0 bridgehead atoms. The van der Waals surface area contributed by atoms with Crippen LogP contribution in [0.4, 0.5) is 0 Å². The second kappa shape index (κ2) is 8.06. The van der Waals surface area contributed by atoms with Gasteiger partial charge in [-0.25, -0.2) is 0 Å². The fourth-order valence-electron chi connectivity index (χ4n) is 2.83. The van der Waals surface area contributed by atoms with E-state index in [-0.39, 0.29) is 5.56 Å². The summed E-state index contributed by atoms with van der Waals surface area (Å²) in [5.41, 5.74) is 3.11. The number of benzene rings is 3. The third-order valence-corrected chi connectivity index (χ3v) is 4.49. The van der Waals surface area contributed by atoms with Gasteiger partial charge in [0.1, 0.15) is 0 Å². The molecule has 0 fully saturated rings. The van der Waals surface area contributed by atoms with Crippen LogP contribution in [-0.4, -0.2) is 20.4 Å². The Labute approximate surface area is 162 Å². The van der Waals surface area contributed by atoms with Gasteiger partial charge in [-0.1, -0.05) is 54.1 Å². The minimum atomic E-state index is -0.500. The van der Waals surface area contributed by atoms with Crippen LogP contribution in [0.15, 0.2) is 54.6 Å². The van der Waals surface area contributed by atoms with Gasteiger partial charge in [0, 0.05) is 11.1 Å². The molecule has 0 saturated heterocycles. The summed E-state index contributed by atoms with van der Waals surface area (Å²) in [6, 6.07) is 16.5. The summed E-state index contributed by atoms with van der Waals surface area (Å²) in [6.07, 6.45) is 4.83. The van der Waals surface area contributed by atoms with Gasteiger partial charge in [0.15, 0.2) is 23.0 Å². The molecule has 0 aliphatic rings. The van der Waals surface area contributed by atoms with Crippen LogP contribution < -0.4 is 0 Å². The zero-order valence-electron chi connectivity index (χ0n) is 14.4. The average Bonchev–Trinajstić information content (AvgIpc) is 2.65. The van der Waals surface area contributed by atoms with Crippen molar-refractivity contribution in [2.75, 3.05) is 0 Å². The van der Waals surface area contributed by atoms with Gasteiger partial charge >= 0.3 is 0 Å². The molecular formula is C22H19ClO4. The van der Waals surface area contributed by atoms with E-state index < -0.39 is 23.0 Å². The summed E-state index contributed by atoms with van der Waals surface area (Å²) in [4.78, 5) is 0. The van der Waals surface area contributed by atoms with Crippen LogP contribution in [0.5, 0.6) is 23.0 Å². The molecule has 0 atom stereocenters. The number of phenols is 4. The predicted molar refractivity (Wildman–Crippen MR) is 107 cm³/mol. The van der Waals surface area contributed by atoms with Crippen molar-refractivity contribution in [3.8, 4) is 23.0 Å². The average molecular weight is 383 g/mol. The maximum atomic E-state index is 9.88. The SMILES string of the molecule is Oc1cc(O)c(O)c(C=Cc2cccc(CCc3cccc(Cl)c3)c2)c1O. The monoisotopic (exact) mass is 382 g/mol. The van der Waals surface area contributed by atoms with Crippen LogP contribution in [0.3, 0.4) is 0 Å². The van der Waals surface area contributed by atoms with Gasteiger partial charge in [0.05, 0.1) is 5.56 Å². The Morgan fingerprint density at radius 1 is 0.704 bits per heavy atom. The Kier molecular flexibility index (Phi) is 5.57. The van der Waals surface area contributed by atoms with Gasteiger partial charge in [-0.05, 0) is 47.7 Å². The molecule has 138 valence electrons. The fraction of sp³-hybridized carbons (Fsp3) is 0.0909. The highest BCUT2D eigenvalue weighted by Gasteiger charge is 2.14. The van der Waals surface area contributed by atoms with Crippen LogP contribution in [0.2, 0.25) is 5.02 Å². The molecule has 0 spiro atoms. The molecular weight excluding hydrogens is 364 g/mol. The Hall–Kier alpha value is -3.11. The topological polar surface area (TPSA) is 80.9 Å². The highest BCUT2D eigenvalue weighted by Crippen LogP contribution is 2.42. The van der Waals surface area contributed by atoms with E-state index in [1.165, 1.54) is 6.08 Å². The molecule has 0 amide bonds. The van der Waals surface area contributed by atoms with Crippen LogP contribution in [-0.2, 0) is 12.8 Å². The smallest absolute Gasteiger partial charge is 0.168 e. The van der Waals surface area contributed by atoms with Gasteiger partial charge < -0.3 is 20.4 Å². The summed E-state index contributed by atoms with van der Waals surface area (Å²) >= 11 is 6.01. The molecule has 4 nitrogen and oxygen atoms in total. The maximum Gasteiger partial charge on any atom is 0.168 e. The van der Waals surface area contributed by atoms with E-state index in [0.717, 1.165) is 40.6 Å². The third-order valence-electron chi connectivity index (χ3n) is 4.25. The molecule has 0 aliphatic carbocycles. The fourth-order valence-corrected chi connectivity index (χ4v) is 3.04. The number of hydrogen-bond donors (Lipinski definition) is 4. The van der Waals surface area contributed by atoms with Crippen LogP contribution in [0, 0.1) is 0 Å². The Bertz CT molecular complexity index is 969. The summed E-state index contributed by atoms with van der Waals surface area (Å²) in [5.74, 6) is -1.97. The standard InChI is InChI=1S/C22H19ClO4/c23-17-6-2-5-16(12-17)8-7-14-3-1-4-15(11-14)9-10-18-21(26)19(24)13-20(25)22(18)27/h1-6,9-13,24-27H,7-8H2. The molecule has 27 heavy (non-hydrogen) atoms.